The summed E-state index contributed by atoms with van der Waals surface area (Å²) in [5, 5.41) is 2.70. The van der Waals surface area contributed by atoms with Gasteiger partial charge in [-0.05, 0) is 43.7 Å². The Bertz CT molecular complexity index is 626. The lowest BCUT2D eigenvalue weighted by molar-refractivity contribution is 0.0950. The van der Waals surface area contributed by atoms with E-state index < -0.39 is 0 Å². The van der Waals surface area contributed by atoms with E-state index in [0.29, 0.717) is 29.4 Å². The smallest absolute Gasteiger partial charge is 0.270 e. The molecule has 2 rings (SSSR count). The molecule has 0 fully saturated rings. The van der Waals surface area contributed by atoms with E-state index in [-0.39, 0.29) is 5.91 Å². The number of hydrogen-bond donors (Lipinski definition) is 2. The summed E-state index contributed by atoms with van der Waals surface area (Å²) in [5.74, 6) is 1.05. The van der Waals surface area contributed by atoms with Gasteiger partial charge in [0.15, 0.2) is 0 Å². The van der Waals surface area contributed by atoms with Crippen LogP contribution in [0, 0.1) is 6.92 Å². The number of anilines is 1. The minimum Gasteiger partial charge on any atom is -0.457 e. The third-order valence-corrected chi connectivity index (χ3v) is 2.73. The monoisotopic (exact) mass is 271 g/mol. The highest BCUT2D eigenvalue weighted by Gasteiger charge is 2.08. The first-order chi connectivity index (χ1) is 9.60. The van der Waals surface area contributed by atoms with Crippen LogP contribution in [-0.2, 0) is 0 Å². The van der Waals surface area contributed by atoms with Gasteiger partial charge in [0, 0.05) is 24.5 Å². The van der Waals surface area contributed by atoms with Gasteiger partial charge in [0.25, 0.3) is 5.91 Å². The van der Waals surface area contributed by atoms with E-state index >= 15 is 0 Å². The van der Waals surface area contributed by atoms with E-state index in [2.05, 4.69) is 10.3 Å². The van der Waals surface area contributed by atoms with Crippen LogP contribution in [0.2, 0.25) is 0 Å². The first-order valence-corrected chi connectivity index (χ1v) is 6.38. The fourth-order valence-corrected chi connectivity index (χ4v) is 1.76. The molecule has 0 unspecified atom stereocenters. The summed E-state index contributed by atoms with van der Waals surface area (Å²) in [6, 6.07) is 8.73. The van der Waals surface area contributed by atoms with Gasteiger partial charge in [0.05, 0.1) is 0 Å². The molecule has 0 aliphatic rings. The van der Waals surface area contributed by atoms with Gasteiger partial charge in [-0.3, -0.25) is 9.78 Å². The van der Waals surface area contributed by atoms with Crippen LogP contribution < -0.4 is 15.8 Å². The zero-order chi connectivity index (χ0) is 14.5. The average Bonchev–Trinajstić information content (AvgIpc) is 2.43. The van der Waals surface area contributed by atoms with Gasteiger partial charge >= 0.3 is 0 Å². The Labute approximate surface area is 117 Å². The second kappa shape index (κ2) is 6.06. The van der Waals surface area contributed by atoms with Gasteiger partial charge in [0.2, 0.25) is 0 Å². The van der Waals surface area contributed by atoms with Crippen LogP contribution in [-0.4, -0.2) is 17.4 Å². The molecule has 0 atom stereocenters. The maximum absolute atomic E-state index is 11.7. The summed E-state index contributed by atoms with van der Waals surface area (Å²) in [7, 11) is 0. The number of carbonyl (C=O) groups excluding carboxylic acids is 1. The zero-order valence-electron chi connectivity index (χ0n) is 11.5. The number of rotatable bonds is 4. The predicted octanol–water partition coefficient (Wildman–Crippen LogP) is 2.51. The van der Waals surface area contributed by atoms with Crippen LogP contribution in [0.4, 0.5) is 5.69 Å². The lowest BCUT2D eigenvalue weighted by Crippen LogP contribution is -2.23. The topological polar surface area (TPSA) is 77.2 Å². The summed E-state index contributed by atoms with van der Waals surface area (Å²) >= 11 is 0. The number of aromatic nitrogens is 1. The molecule has 0 saturated heterocycles. The van der Waals surface area contributed by atoms with Crippen molar-refractivity contribution in [2.75, 3.05) is 12.3 Å². The molecule has 2 aromatic rings. The van der Waals surface area contributed by atoms with Crippen molar-refractivity contribution in [1.82, 2.24) is 10.3 Å². The van der Waals surface area contributed by atoms with Crippen molar-refractivity contribution in [3.05, 3.63) is 47.8 Å². The first kappa shape index (κ1) is 13.9. The SMILES string of the molecule is CCNC(=O)c1cc(Oc2ccc(N)cc2C)ccn1. The number of carbonyl (C=O) groups is 1. The summed E-state index contributed by atoms with van der Waals surface area (Å²) in [6.45, 7) is 4.33. The number of nitrogens with two attached hydrogens (primary N) is 1. The Kier molecular flexibility index (Phi) is 4.20. The number of nitrogens with zero attached hydrogens (tertiary/aromatic N) is 1. The van der Waals surface area contributed by atoms with Crippen LogP contribution in [0.25, 0.3) is 0 Å². The minimum absolute atomic E-state index is 0.216. The van der Waals surface area contributed by atoms with Gasteiger partial charge in [-0.1, -0.05) is 0 Å². The molecule has 0 radical (unpaired) electrons. The third-order valence-electron chi connectivity index (χ3n) is 2.73. The Morgan fingerprint density at radius 1 is 1.35 bits per heavy atom. The molecular formula is C15H17N3O2. The van der Waals surface area contributed by atoms with Crippen molar-refractivity contribution in [1.29, 1.82) is 0 Å². The molecule has 1 aromatic heterocycles. The maximum Gasteiger partial charge on any atom is 0.270 e. The van der Waals surface area contributed by atoms with Gasteiger partial charge in [-0.2, -0.15) is 0 Å². The van der Waals surface area contributed by atoms with Crippen molar-refractivity contribution in [3.63, 3.8) is 0 Å². The van der Waals surface area contributed by atoms with E-state index in [1.54, 1.807) is 30.5 Å². The molecular weight excluding hydrogens is 254 g/mol. The molecule has 0 aliphatic carbocycles. The van der Waals surface area contributed by atoms with Crippen LogP contribution >= 0.6 is 0 Å². The van der Waals surface area contributed by atoms with Crippen molar-refractivity contribution in [2.24, 2.45) is 0 Å². The Hall–Kier alpha value is -2.56. The first-order valence-electron chi connectivity index (χ1n) is 6.38. The molecule has 1 aromatic carbocycles. The third kappa shape index (κ3) is 3.26. The highest BCUT2D eigenvalue weighted by Crippen LogP contribution is 2.26. The fourth-order valence-electron chi connectivity index (χ4n) is 1.76. The van der Waals surface area contributed by atoms with E-state index in [4.69, 9.17) is 10.5 Å². The Morgan fingerprint density at radius 3 is 2.85 bits per heavy atom. The van der Waals surface area contributed by atoms with E-state index in [0.717, 1.165) is 5.56 Å². The number of aryl methyl sites for hydroxylation is 1. The number of nitrogen functional groups attached to an aromatic ring is 1. The number of hydrogen-bond acceptors (Lipinski definition) is 4. The van der Waals surface area contributed by atoms with E-state index in [1.165, 1.54) is 0 Å². The quantitative estimate of drug-likeness (QED) is 0.838. The number of pyridine rings is 1. The molecule has 104 valence electrons. The van der Waals surface area contributed by atoms with Crippen molar-refractivity contribution in [3.8, 4) is 11.5 Å². The van der Waals surface area contributed by atoms with Crippen molar-refractivity contribution >= 4 is 11.6 Å². The lowest BCUT2D eigenvalue weighted by atomic mass is 10.2. The molecule has 0 aliphatic heterocycles. The zero-order valence-corrected chi connectivity index (χ0v) is 11.5. The summed E-state index contributed by atoms with van der Waals surface area (Å²) in [5.41, 5.74) is 7.65. The molecule has 20 heavy (non-hydrogen) atoms. The molecule has 1 heterocycles. The normalized spacial score (nSPS) is 10.1. The summed E-state index contributed by atoms with van der Waals surface area (Å²) in [4.78, 5) is 15.7. The number of amides is 1. The van der Waals surface area contributed by atoms with Crippen LogP contribution in [0.15, 0.2) is 36.5 Å². The number of benzene rings is 1. The second-order valence-corrected chi connectivity index (χ2v) is 4.36. The molecule has 0 saturated carbocycles. The molecule has 3 N–H and O–H groups in total. The highest BCUT2D eigenvalue weighted by molar-refractivity contribution is 5.92. The predicted molar refractivity (Wildman–Crippen MR) is 77.9 cm³/mol. The van der Waals surface area contributed by atoms with Crippen molar-refractivity contribution in [2.45, 2.75) is 13.8 Å². The molecule has 1 amide bonds. The van der Waals surface area contributed by atoms with Gasteiger partial charge in [0.1, 0.15) is 17.2 Å². The van der Waals surface area contributed by atoms with Gasteiger partial charge < -0.3 is 15.8 Å². The Balaban J connectivity index is 2.21. The fraction of sp³-hybridized carbons (Fsp3) is 0.200. The van der Waals surface area contributed by atoms with Gasteiger partial charge in [-0.15, -0.1) is 0 Å². The molecule has 5 nitrogen and oxygen atoms in total. The minimum atomic E-state index is -0.216. The van der Waals surface area contributed by atoms with Crippen LogP contribution in [0.1, 0.15) is 23.0 Å². The number of nitrogens with one attached hydrogen (secondary N) is 1. The van der Waals surface area contributed by atoms with E-state index in [1.807, 2.05) is 19.9 Å². The summed E-state index contributed by atoms with van der Waals surface area (Å²) < 4.78 is 5.76. The Morgan fingerprint density at radius 2 is 2.15 bits per heavy atom. The lowest BCUT2D eigenvalue weighted by Gasteiger charge is -2.10. The highest BCUT2D eigenvalue weighted by atomic mass is 16.5. The standard InChI is InChI=1S/C15H17N3O2/c1-3-17-15(19)13-9-12(6-7-18-13)20-14-5-4-11(16)8-10(14)2/h4-9H,3,16H2,1-2H3,(H,17,19). The van der Waals surface area contributed by atoms with Gasteiger partial charge in [-0.25, -0.2) is 0 Å². The average molecular weight is 271 g/mol. The molecule has 0 bridgehead atoms. The van der Waals surface area contributed by atoms with Crippen molar-refractivity contribution < 1.29 is 9.53 Å². The largest absolute Gasteiger partial charge is 0.457 e. The molecule has 0 spiro atoms. The number of ether oxygens (including phenoxy) is 1. The second-order valence-electron chi connectivity index (χ2n) is 4.36. The molecule has 5 heteroatoms. The summed E-state index contributed by atoms with van der Waals surface area (Å²) in [6.07, 6.45) is 1.55. The van der Waals surface area contributed by atoms with Crippen LogP contribution in [0.5, 0.6) is 11.5 Å². The van der Waals surface area contributed by atoms with Crippen LogP contribution in [0.3, 0.4) is 0 Å². The van der Waals surface area contributed by atoms with E-state index in [9.17, 15) is 4.79 Å². The maximum atomic E-state index is 11.7.